The van der Waals surface area contributed by atoms with Crippen molar-refractivity contribution >= 4 is 27.5 Å². The highest BCUT2D eigenvalue weighted by Gasteiger charge is 2.16. The molecule has 1 atom stereocenters. The Kier molecular flexibility index (Phi) is 8.38. The van der Waals surface area contributed by atoms with Crippen LogP contribution in [0.4, 0.5) is 0 Å². The molecule has 1 aromatic heterocycles. The molecule has 3 aromatic rings. The smallest absolute Gasteiger partial charge is 0.220 e. The molecule has 0 spiro atoms. The average molecular weight is 436 g/mol. The number of nitrogens with one attached hydrogen (secondary N) is 1. The van der Waals surface area contributed by atoms with Crippen molar-refractivity contribution in [2.75, 3.05) is 20.6 Å². The van der Waals surface area contributed by atoms with E-state index in [2.05, 4.69) is 54.1 Å². The van der Waals surface area contributed by atoms with E-state index in [1.807, 2.05) is 32.3 Å². The molecule has 0 fully saturated rings. The highest BCUT2D eigenvalue weighted by atomic mass is 32.1. The van der Waals surface area contributed by atoms with E-state index in [-0.39, 0.29) is 11.9 Å². The largest absolute Gasteiger partial charge is 0.353 e. The van der Waals surface area contributed by atoms with Crippen LogP contribution in [0.2, 0.25) is 0 Å². The third-order valence-corrected chi connectivity index (χ3v) is 6.31. The van der Waals surface area contributed by atoms with Crippen molar-refractivity contribution in [3.05, 3.63) is 76.8 Å². The first kappa shape index (κ1) is 23.2. The Morgan fingerprint density at radius 1 is 1.16 bits per heavy atom. The van der Waals surface area contributed by atoms with Crippen LogP contribution in [-0.4, -0.2) is 42.5 Å². The summed E-state index contributed by atoms with van der Waals surface area (Å²) in [5, 5.41) is 4.27. The lowest BCUT2D eigenvalue weighted by atomic mass is 9.99. The van der Waals surface area contributed by atoms with Crippen molar-refractivity contribution < 1.29 is 4.79 Å². The van der Waals surface area contributed by atoms with Gasteiger partial charge in [-0.2, -0.15) is 0 Å². The maximum Gasteiger partial charge on any atom is 0.220 e. The second-order valence-corrected chi connectivity index (χ2v) is 9.52. The molecule has 1 unspecified atom stereocenters. The highest BCUT2D eigenvalue weighted by molar-refractivity contribution is 7.18. The summed E-state index contributed by atoms with van der Waals surface area (Å²) in [6, 6.07) is 16.8. The number of aromatic nitrogens is 1. The van der Waals surface area contributed by atoms with Crippen molar-refractivity contribution in [1.29, 1.82) is 0 Å². The summed E-state index contributed by atoms with van der Waals surface area (Å²) < 4.78 is 1.21. The van der Waals surface area contributed by atoms with E-state index in [1.165, 1.54) is 15.8 Å². The van der Waals surface area contributed by atoms with Crippen LogP contribution in [0.1, 0.15) is 35.9 Å². The Morgan fingerprint density at radius 2 is 1.94 bits per heavy atom. The van der Waals surface area contributed by atoms with Gasteiger partial charge in [0.15, 0.2) is 0 Å². The Morgan fingerprint density at radius 3 is 2.65 bits per heavy atom. The number of benzene rings is 2. The van der Waals surface area contributed by atoms with Gasteiger partial charge in [-0.3, -0.25) is 4.79 Å². The van der Waals surface area contributed by atoms with Crippen LogP contribution in [0, 0.1) is 0 Å². The molecule has 0 radical (unpaired) electrons. The number of hydrogen-bond acceptors (Lipinski definition) is 4. The van der Waals surface area contributed by atoms with Gasteiger partial charge in [-0.1, -0.05) is 55.5 Å². The number of fused-ring (bicyclic) bond motifs is 1. The molecule has 0 aliphatic rings. The molecule has 31 heavy (non-hydrogen) atoms. The van der Waals surface area contributed by atoms with Gasteiger partial charge in [-0.15, -0.1) is 11.3 Å². The molecule has 164 valence electrons. The van der Waals surface area contributed by atoms with Gasteiger partial charge in [0.05, 0.1) is 15.2 Å². The number of nitrogens with zero attached hydrogens (tertiary/aromatic N) is 2. The molecule has 5 heteroatoms. The molecule has 1 amide bonds. The van der Waals surface area contributed by atoms with Crippen molar-refractivity contribution in [3.63, 3.8) is 0 Å². The van der Waals surface area contributed by atoms with Crippen molar-refractivity contribution in [2.45, 2.75) is 45.1 Å². The summed E-state index contributed by atoms with van der Waals surface area (Å²) in [6.07, 6.45) is 3.72. The van der Waals surface area contributed by atoms with Crippen molar-refractivity contribution in [1.82, 2.24) is 15.2 Å². The van der Waals surface area contributed by atoms with E-state index in [4.69, 9.17) is 4.98 Å². The van der Waals surface area contributed by atoms with E-state index in [0.29, 0.717) is 12.8 Å². The Hall–Kier alpha value is -2.50. The molecule has 0 bridgehead atoms. The molecule has 1 heterocycles. The standard InChI is InChI=1S/C26H33N3OS/c1-5-20-11-12-23-24(17-20)31-26(28-23)14-13-25(30)27-22(15-19(2)18-29(3)4)16-21-9-7-6-8-10-21/h6-12,17,22H,2,5,13-16,18H2,1,3-4H3,(H,27,30). The van der Waals surface area contributed by atoms with Gasteiger partial charge in [0, 0.05) is 25.4 Å². The Bertz CT molecular complexity index is 1010. The predicted octanol–water partition coefficient (Wildman–Crippen LogP) is 5.03. The van der Waals surface area contributed by atoms with E-state index in [9.17, 15) is 4.79 Å². The molecule has 4 nitrogen and oxygen atoms in total. The molecule has 0 aliphatic carbocycles. The van der Waals surface area contributed by atoms with Gasteiger partial charge in [0.25, 0.3) is 0 Å². The number of rotatable bonds is 11. The minimum absolute atomic E-state index is 0.0461. The first-order valence-corrected chi connectivity index (χ1v) is 11.8. The molecule has 3 rings (SSSR count). The minimum Gasteiger partial charge on any atom is -0.353 e. The lowest BCUT2D eigenvalue weighted by molar-refractivity contribution is -0.121. The third kappa shape index (κ3) is 7.30. The first-order valence-electron chi connectivity index (χ1n) is 11.0. The fourth-order valence-corrected chi connectivity index (χ4v) is 4.83. The van der Waals surface area contributed by atoms with E-state index >= 15 is 0 Å². The van der Waals surface area contributed by atoms with Gasteiger partial charge in [0.2, 0.25) is 5.91 Å². The minimum atomic E-state index is 0.0461. The fraction of sp³-hybridized carbons (Fsp3) is 0.385. The van der Waals surface area contributed by atoms with Crippen LogP contribution in [0.15, 0.2) is 60.7 Å². The lowest BCUT2D eigenvalue weighted by Gasteiger charge is -2.21. The van der Waals surface area contributed by atoms with Crippen molar-refractivity contribution in [2.24, 2.45) is 0 Å². The number of amides is 1. The average Bonchev–Trinajstić information content (AvgIpc) is 3.14. The van der Waals surface area contributed by atoms with Crippen LogP contribution in [0.5, 0.6) is 0 Å². The Balaban J connectivity index is 1.60. The number of aryl methyl sites for hydroxylation is 2. The maximum absolute atomic E-state index is 12.8. The Labute approximate surface area is 190 Å². The maximum atomic E-state index is 12.8. The number of carbonyl (C=O) groups is 1. The molecule has 1 N–H and O–H groups in total. The normalized spacial score (nSPS) is 12.3. The highest BCUT2D eigenvalue weighted by Crippen LogP contribution is 2.24. The summed E-state index contributed by atoms with van der Waals surface area (Å²) in [5.41, 5.74) is 4.70. The summed E-state index contributed by atoms with van der Waals surface area (Å²) >= 11 is 1.70. The van der Waals surface area contributed by atoms with E-state index in [1.54, 1.807) is 11.3 Å². The van der Waals surface area contributed by atoms with Gasteiger partial charge < -0.3 is 10.2 Å². The molecular formula is C26H33N3OS. The zero-order valence-corrected chi connectivity index (χ0v) is 19.7. The second-order valence-electron chi connectivity index (χ2n) is 8.41. The number of likely N-dealkylation sites (N-methyl/N-ethyl adjacent to an activating group) is 1. The van der Waals surface area contributed by atoms with Crippen LogP contribution in [0.25, 0.3) is 10.2 Å². The monoisotopic (exact) mass is 435 g/mol. The second kappa shape index (κ2) is 11.2. The van der Waals surface area contributed by atoms with Crippen molar-refractivity contribution in [3.8, 4) is 0 Å². The predicted molar refractivity (Wildman–Crippen MR) is 132 cm³/mol. The van der Waals surface area contributed by atoms with Crippen LogP contribution >= 0.6 is 11.3 Å². The molecule has 0 aliphatic heterocycles. The van der Waals surface area contributed by atoms with E-state index in [0.717, 1.165) is 41.9 Å². The van der Waals surface area contributed by atoms with Gasteiger partial charge >= 0.3 is 0 Å². The molecular weight excluding hydrogens is 402 g/mol. The van der Waals surface area contributed by atoms with E-state index < -0.39 is 0 Å². The number of thiazole rings is 1. The fourth-order valence-electron chi connectivity index (χ4n) is 3.80. The first-order chi connectivity index (χ1) is 14.9. The number of carbonyl (C=O) groups excluding carboxylic acids is 1. The quantitative estimate of drug-likeness (QED) is 0.430. The molecule has 0 saturated carbocycles. The van der Waals surface area contributed by atoms with Gasteiger partial charge in [-0.05, 0) is 56.6 Å². The summed E-state index contributed by atoms with van der Waals surface area (Å²) in [7, 11) is 4.08. The van der Waals surface area contributed by atoms with Crippen LogP contribution in [0.3, 0.4) is 0 Å². The molecule has 2 aromatic carbocycles. The lowest BCUT2D eigenvalue weighted by Crippen LogP contribution is -2.37. The topological polar surface area (TPSA) is 45.2 Å². The summed E-state index contributed by atoms with van der Waals surface area (Å²) in [6.45, 7) is 7.20. The number of hydrogen-bond donors (Lipinski definition) is 1. The van der Waals surface area contributed by atoms with Crippen LogP contribution in [-0.2, 0) is 24.1 Å². The van der Waals surface area contributed by atoms with Crippen LogP contribution < -0.4 is 5.32 Å². The van der Waals surface area contributed by atoms with Gasteiger partial charge in [0.1, 0.15) is 0 Å². The SMILES string of the molecule is C=C(CC(Cc1ccccc1)NC(=O)CCc1nc2ccc(CC)cc2s1)CN(C)C. The summed E-state index contributed by atoms with van der Waals surface area (Å²) in [5.74, 6) is 0.0760. The summed E-state index contributed by atoms with van der Waals surface area (Å²) in [4.78, 5) is 19.6. The zero-order valence-electron chi connectivity index (χ0n) is 18.9. The van der Waals surface area contributed by atoms with Gasteiger partial charge in [-0.25, -0.2) is 4.98 Å². The zero-order chi connectivity index (χ0) is 22.2. The molecule has 0 saturated heterocycles. The third-order valence-electron chi connectivity index (χ3n) is 5.24.